The third kappa shape index (κ3) is 6.12. The van der Waals surface area contributed by atoms with Crippen molar-refractivity contribution in [3.8, 4) is 0 Å². The number of nitrogens with one attached hydrogen (secondary N) is 1. The molecule has 7 nitrogen and oxygen atoms in total. The maximum Gasteiger partial charge on any atom is 0.323 e. The van der Waals surface area contributed by atoms with Crippen molar-refractivity contribution < 1.29 is 24.6 Å². The Bertz CT molecular complexity index is 566. The number of carboxylic acids is 2. The number of hydrogen-bond donors (Lipinski definition) is 3. The van der Waals surface area contributed by atoms with Crippen molar-refractivity contribution >= 4 is 11.9 Å². The number of benzene rings is 1. The molecule has 2 rings (SSSR count). The highest BCUT2D eigenvalue weighted by Crippen LogP contribution is 2.17. The number of nitrogens with zero attached hydrogens (tertiary/aromatic N) is 1. The largest absolute Gasteiger partial charge is 0.480 e. The first-order valence-corrected chi connectivity index (χ1v) is 8.62. The molecular formula is C18H26N2O5. The average Bonchev–Trinajstić information content (AvgIpc) is 3.06. The molecule has 25 heavy (non-hydrogen) atoms. The number of hydroxylamine groups is 2. The molecular weight excluding hydrogens is 324 g/mol. The third-order valence-electron chi connectivity index (χ3n) is 4.33. The first-order chi connectivity index (χ1) is 12.0. The predicted molar refractivity (Wildman–Crippen MR) is 92.1 cm³/mol. The van der Waals surface area contributed by atoms with E-state index in [9.17, 15) is 14.7 Å². The first-order valence-electron chi connectivity index (χ1n) is 8.62. The van der Waals surface area contributed by atoms with E-state index in [-0.39, 0.29) is 12.6 Å². The highest BCUT2D eigenvalue weighted by atomic mass is 16.7. The molecule has 3 N–H and O–H groups in total. The van der Waals surface area contributed by atoms with E-state index in [1.165, 1.54) is 5.06 Å². The molecule has 1 aromatic carbocycles. The fourth-order valence-electron chi connectivity index (χ4n) is 2.97. The fourth-order valence-corrected chi connectivity index (χ4v) is 2.97. The van der Waals surface area contributed by atoms with Crippen LogP contribution in [-0.2, 0) is 20.8 Å². The lowest BCUT2D eigenvalue weighted by Crippen LogP contribution is -2.46. The molecule has 1 fully saturated rings. The van der Waals surface area contributed by atoms with Crippen molar-refractivity contribution in [3.05, 3.63) is 35.9 Å². The van der Waals surface area contributed by atoms with E-state index in [1.54, 1.807) is 0 Å². The van der Waals surface area contributed by atoms with Crippen molar-refractivity contribution in [1.29, 1.82) is 0 Å². The SMILES string of the molecule is CC(CON1CCCC1C(=O)O)NC(CCc1ccccc1)C(=O)O. The number of hydrogen-bond acceptors (Lipinski definition) is 5. The van der Waals surface area contributed by atoms with Gasteiger partial charge in [-0.15, -0.1) is 0 Å². The second kappa shape index (κ2) is 9.50. The van der Waals surface area contributed by atoms with Gasteiger partial charge in [0.05, 0.1) is 6.61 Å². The molecule has 0 spiro atoms. The Hall–Kier alpha value is -1.96. The van der Waals surface area contributed by atoms with E-state index in [0.29, 0.717) is 25.8 Å². The van der Waals surface area contributed by atoms with Crippen LogP contribution in [0.25, 0.3) is 0 Å². The molecule has 7 heteroatoms. The summed E-state index contributed by atoms with van der Waals surface area (Å²) in [5.41, 5.74) is 1.10. The summed E-state index contributed by atoms with van der Waals surface area (Å²) >= 11 is 0. The van der Waals surface area contributed by atoms with Gasteiger partial charge in [-0.25, -0.2) is 0 Å². The maximum atomic E-state index is 11.5. The zero-order valence-corrected chi connectivity index (χ0v) is 14.4. The van der Waals surface area contributed by atoms with E-state index < -0.39 is 24.0 Å². The Kier molecular flexibility index (Phi) is 7.36. The topological polar surface area (TPSA) is 99.1 Å². The Morgan fingerprint density at radius 3 is 2.68 bits per heavy atom. The molecule has 0 aromatic heterocycles. The van der Waals surface area contributed by atoms with Gasteiger partial charge in [-0.1, -0.05) is 30.3 Å². The van der Waals surface area contributed by atoms with Gasteiger partial charge in [-0.3, -0.25) is 19.7 Å². The molecule has 0 radical (unpaired) electrons. The van der Waals surface area contributed by atoms with Gasteiger partial charge in [-0.05, 0) is 38.2 Å². The monoisotopic (exact) mass is 350 g/mol. The van der Waals surface area contributed by atoms with Crippen LogP contribution in [0.4, 0.5) is 0 Å². The van der Waals surface area contributed by atoms with E-state index >= 15 is 0 Å². The van der Waals surface area contributed by atoms with Crippen LogP contribution < -0.4 is 5.32 Å². The van der Waals surface area contributed by atoms with Crippen LogP contribution in [-0.4, -0.2) is 58.5 Å². The molecule has 3 unspecified atom stereocenters. The van der Waals surface area contributed by atoms with Crippen molar-refractivity contribution in [2.24, 2.45) is 0 Å². The van der Waals surface area contributed by atoms with E-state index in [1.807, 2.05) is 37.3 Å². The van der Waals surface area contributed by atoms with Crippen molar-refractivity contribution in [2.75, 3.05) is 13.2 Å². The maximum absolute atomic E-state index is 11.5. The Morgan fingerprint density at radius 1 is 1.32 bits per heavy atom. The molecule has 1 heterocycles. The minimum absolute atomic E-state index is 0.202. The number of aryl methyl sites for hydroxylation is 1. The van der Waals surface area contributed by atoms with Gasteiger partial charge >= 0.3 is 11.9 Å². The summed E-state index contributed by atoms with van der Waals surface area (Å²) in [6, 6.07) is 8.27. The van der Waals surface area contributed by atoms with Crippen molar-refractivity contribution in [3.63, 3.8) is 0 Å². The zero-order chi connectivity index (χ0) is 18.2. The molecule has 3 atom stereocenters. The van der Waals surface area contributed by atoms with Crippen LogP contribution in [0.2, 0.25) is 0 Å². The fraction of sp³-hybridized carbons (Fsp3) is 0.556. The normalized spacial score (nSPS) is 20.3. The quantitative estimate of drug-likeness (QED) is 0.588. The summed E-state index contributed by atoms with van der Waals surface area (Å²) in [4.78, 5) is 28.2. The van der Waals surface area contributed by atoms with Gasteiger partial charge in [0.15, 0.2) is 0 Å². The lowest BCUT2D eigenvalue weighted by Gasteiger charge is -2.25. The number of aliphatic carboxylic acids is 2. The lowest BCUT2D eigenvalue weighted by molar-refractivity contribution is -0.189. The first kappa shape index (κ1) is 19.4. The van der Waals surface area contributed by atoms with Gasteiger partial charge in [0.2, 0.25) is 0 Å². The molecule has 1 aromatic rings. The van der Waals surface area contributed by atoms with Crippen molar-refractivity contribution in [2.45, 2.75) is 50.7 Å². The zero-order valence-electron chi connectivity index (χ0n) is 14.4. The summed E-state index contributed by atoms with van der Waals surface area (Å²) in [5.74, 6) is -1.78. The van der Waals surface area contributed by atoms with Gasteiger partial charge in [0.1, 0.15) is 12.1 Å². The minimum atomic E-state index is -0.896. The average molecular weight is 350 g/mol. The summed E-state index contributed by atoms with van der Waals surface area (Å²) in [6.07, 6.45) is 2.51. The van der Waals surface area contributed by atoms with Gasteiger partial charge in [0.25, 0.3) is 0 Å². The molecule has 1 saturated heterocycles. The minimum Gasteiger partial charge on any atom is -0.480 e. The van der Waals surface area contributed by atoms with Crippen molar-refractivity contribution in [1.82, 2.24) is 10.4 Å². The predicted octanol–water partition coefficient (Wildman–Crippen LogP) is 1.53. The van der Waals surface area contributed by atoms with Crippen LogP contribution in [0.1, 0.15) is 31.7 Å². The summed E-state index contributed by atoms with van der Waals surface area (Å²) in [7, 11) is 0. The second-order valence-electron chi connectivity index (χ2n) is 6.42. The summed E-state index contributed by atoms with van der Waals surface area (Å²) < 4.78 is 0. The highest BCUT2D eigenvalue weighted by Gasteiger charge is 2.32. The van der Waals surface area contributed by atoms with Crippen LogP contribution in [0, 0.1) is 0 Å². The number of rotatable bonds is 10. The van der Waals surface area contributed by atoms with Crippen LogP contribution in [0.3, 0.4) is 0 Å². The van der Waals surface area contributed by atoms with E-state index in [4.69, 9.17) is 9.94 Å². The van der Waals surface area contributed by atoms with E-state index in [0.717, 1.165) is 12.0 Å². The van der Waals surface area contributed by atoms with Crippen LogP contribution in [0.5, 0.6) is 0 Å². The van der Waals surface area contributed by atoms with Gasteiger partial charge in [-0.2, -0.15) is 5.06 Å². The molecule has 138 valence electrons. The molecule has 0 saturated carbocycles. The summed E-state index contributed by atoms with van der Waals surface area (Å²) in [6.45, 7) is 2.66. The van der Waals surface area contributed by atoms with Gasteiger partial charge in [0, 0.05) is 12.6 Å². The third-order valence-corrected chi connectivity index (χ3v) is 4.33. The van der Waals surface area contributed by atoms with Crippen LogP contribution in [0.15, 0.2) is 30.3 Å². The Morgan fingerprint density at radius 2 is 2.04 bits per heavy atom. The Balaban J connectivity index is 1.78. The van der Waals surface area contributed by atoms with Crippen LogP contribution >= 0.6 is 0 Å². The highest BCUT2D eigenvalue weighted by molar-refractivity contribution is 5.73. The molecule has 0 amide bonds. The second-order valence-corrected chi connectivity index (χ2v) is 6.42. The molecule has 1 aliphatic heterocycles. The van der Waals surface area contributed by atoms with E-state index in [2.05, 4.69) is 5.32 Å². The Labute approximate surface area is 147 Å². The number of carboxylic acid groups (broad SMARTS) is 2. The van der Waals surface area contributed by atoms with Gasteiger partial charge < -0.3 is 10.2 Å². The standard InChI is InChI=1S/C18H26N2O5/c1-13(12-25-20-11-5-8-16(20)18(23)24)19-15(17(21)22)10-9-14-6-3-2-4-7-14/h2-4,6-7,13,15-16,19H,5,8-12H2,1H3,(H,21,22)(H,23,24). The molecule has 0 bridgehead atoms. The molecule has 1 aliphatic rings. The summed E-state index contributed by atoms with van der Waals surface area (Å²) in [5, 5.41) is 23.1. The molecule has 0 aliphatic carbocycles. The smallest absolute Gasteiger partial charge is 0.323 e. The number of carbonyl (C=O) groups is 2. The lowest BCUT2D eigenvalue weighted by atomic mass is 10.0.